The number of fused-ring (bicyclic) bond motifs is 1. The summed E-state index contributed by atoms with van der Waals surface area (Å²) in [4.78, 5) is 20.3. The number of aromatic hydroxyl groups is 1. The molecule has 10 heteroatoms. The predicted octanol–water partition coefficient (Wildman–Crippen LogP) is 1.72. The summed E-state index contributed by atoms with van der Waals surface area (Å²) < 4.78 is 0. The van der Waals surface area contributed by atoms with Crippen molar-refractivity contribution in [2.24, 2.45) is 4.99 Å². The maximum atomic E-state index is 10.2. The van der Waals surface area contributed by atoms with Crippen molar-refractivity contribution < 1.29 is 10.2 Å². The highest BCUT2D eigenvalue weighted by atomic mass is 35.5. The van der Waals surface area contributed by atoms with E-state index in [4.69, 9.17) is 5.11 Å². The van der Waals surface area contributed by atoms with Crippen LogP contribution in [0, 0.1) is 0 Å². The first kappa shape index (κ1) is 21.2. The summed E-state index contributed by atoms with van der Waals surface area (Å²) in [6, 6.07) is 3.82. The molecule has 4 rings (SSSR count). The van der Waals surface area contributed by atoms with Gasteiger partial charge < -0.3 is 20.1 Å². The molecule has 0 unspecified atom stereocenters. The summed E-state index contributed by atoms with van der Waals surface area (Å²) in [5, 5.41) is 19.2. The summed E-state index contributed by atoms with van der Waals surface area (Å²) in [6.45, 7) is 4.21. The normalized spacial score (nSPS) is 17.5. The smallest absolute Gasteiger partial charge is 0.238 e. The Morgan fingerprint density at radius 3 is 2.70 bits per heavy atom. The number of β-amino-alcohol motifs (C(OH)–C–C–N with tert-alkyl or cyclic N) is 1. The molecule has 0 radical (unpaired) electrons. The number of nitrogens with zero attached hydrogens (tertiary/aromatic N) is 5. The van der Waals surface area contributed by atoms with Crippen LogP contribution in [0.2, 0.25) is 0 Å². The monoisotopic (exact) mass is 412 g/mol. The summed E-state index contributed by atoms with van der Waals surface area (Å²) in [7, 11) is 0. The van der Waals surface area contributed by atoms with Crippen molar-refractivity contribution in [1.82, 2.24) is 19.9 Å². The van der Waals surface area contributed by atoms with Crippen LogP contribution in [0.3, 0.4) is 0 Å². The number of pyridine rings is 1. The zero-order chi connectivity index (χ0) is 17.2. The largest absolute Gasteiger partial charge is 0.492 e. The number of rotatable bonds is 4. The third-order valence-electron chi connectivity index (χ3n) is 4.51. The Kier molecular flexibility index (Phi) is 7.20. The second kappa shape index (κ2) is 9.18. The fourth-order valence-corrected chi connectivity index (χ4v) is 3.14. The number of hydrogen-bond acceptors (Lipinski definition) is 7. The quantitative estimate of drug-likeness (QED) is 0.706. The molecule has 0 spiro atoms. The lowest BCUT2D eigenvalue weighted by atomic mass is 10.1. The third-order valence-corrected chi connectivity index (χ3v) is 4.51. The van der Waals surface area contributed by atoms with Crippen LogP contribution in [0.25, 0.3) is 11.6 Å². The van der Waals surface area contributed by atoms with Crippen LogP contribution in [-0.2, 0) is 0 Å². The van der Waals surface area contributed by atoms with E-state index in [1.165, 1.54) is 0 Å². The van der Waals surface area contributed by atoms with Gasteiger partial charge in [-0.05, 0) is 18.2 Å². The van der Waals surface area contributed by atoms with Gasteiger partial charge in [-0.3, -0.25) is 4.90 Å². The first-order valence-corrected chi connectivity index (χ1v) is 8.33. The van der Waals surface area contributed by atoms with Crippen molar-refractivity contribution in [3.63, 3.8) is 0 Å². The van der Waals surface area contributed by atoms with Crippen molar-refractivity contribution in [3.8, 4) is 5.88 Å². The molecule has 3 N–H and O–H groups in total. The number of anilines is 1. The van der Waals surface area contributed by atoms with Crippen molar-refractivity contribution in [1.29, 1.82) is 0 Å². The summed E-state index contributed by atoms with van der Waals surface area (Å²) in [5.74, 6) is 1.33. The van der Waals surface area contributed by atoms with Gasteiger partial charge in [0.05, 0.1) is 6.61 Å². The number of imidazole rings is 1. The van der Waals surface area contributed by atoms with Crippen LogP contribution >= 0.6 is 24.8 Å². The minimum absolute atomic E-state index is 0. The standard InChI is InChI=1S/C17H20N6O2.2ClH/c24-9-8-22-4-6-23(7-5-22)17-20-14(16(25)21-17)10-12-11-19-15-13(12)2-1-3-18-15;;/h1-3,10-11,24-25H,4-9H2,(H,20,21);2*1H/b12-10+;;. The minimum atomic E-state index is -0.0222. The van der Waals surface area contributed by atoms with Gasteiger partial charge in [0.1, 0.15) is 5.69 Å². The molecule has 1 saturated heterocycles. The van der Waals surface area contributed by atoms with Crippen molar-refractivity contribution in [2.75, 3.05) is 44.2 Å². The lowest BCUT2D eigenvalue weighted by Crippen LogP contribution is -2.47. The second-order valence-electron chi connectivity index (χ2n) is 6.08. The summed E-state index contributed by atoms with van der Waals surface area (Å²) in [6.07, 6.45) is 5.29. The summed E-state index contributed by atoms with van der Waals surface area (Å²) in [5.41, 5.74) is 2.39. The first-order chi connectivity index (χ1) is 12.2. The molecule has 0 atom stereocenters. The van der Waals surface area contributed by atoms with Gasteiger partial charge >= 0.3 is 0 Å². The molecule has 0 aliphatic carbocycles. The van der Waals surface area contributed by atoms with E-state index in [0.717, 1.165) is 37.3 Å². The second-order valence-corrected chi connectivity index (χ2v) is 6.08. The maximum absolute atomic E-state index is 10.2. The van der Waals surface area contributed by atoms with Crippen LogP contribution in [0.4, 0.5) is 11.8 Å². The molecule has 4 heterocycles. The van der Waals surface area contributed by atoms with E-state index >= 15 is 0 Å². The molecular formula is C17H22Cl2N6O2. The molecule has 2 aromatic rings. The molecule has 0 amide bonds. The van der Waals surface area contributed by atoms with Gasteiger partial charge in [-0.15, -0.1) is 24.8 Å². The van der Waals surface area contributed by atoms with Gasteiger partial charge in [0, 0.05) is 56.3 Å². The van der Waals surface area contributed by atoms with Gasteiger partial charge in [0.25, 0.3) is 0 Å². The number of H-pyrrole nitrogens is 1. The van der Waals surface area contributed by atoms with Gasteiger partial charge in [-0.1, -0.05) is 0 Å². The third kappa shape index (κ3) is 4.41. The molecule has 2 aliphatic rings. The van der Waals surface area contributed by atoms with E-state index in [2.05, 4.69) is 29.7 Å². The predicted molar refractivity (Wildman–Crippen MR) is 111 cm³/mol. The molecule has 2 aliphatic heterocycles. The highest BCUT2D eigenvalue weighted by Crippen LogP contribution is 2.32. The van der Waals surface area contributed by atoms with Crippen LogP contribution in [-0.4, -0.2) is 75.6 Å². The highest BCUT2D eigenvalue weighted by molar-refractivity contribution is 6.20. The summed E-state index contributed by atoms with van der Waals surface area (Å²) >= 11 is 0. The Labute approximate surface area is 169 Å². The van der Waals surface area contributed by atoms with E-state index in [1.54, 1.807) is 12.4 Å². The molecule has 1 fully saturated rings. The number of hydrogen-bond donors (Lipinski definition) is 3. The van der Waals surface area contributed by atoms with Crippen LogP contribution in [0.5, 0.6) is 5.88 Å². The van der Waals surface area contributed by atoms with Crippen LogP contribution in [0.1, 0.15) is 11.3 Å². The number of aromatic nitrogens is 3. The number of halogens is 2. The fraction of sp³-hybridized carbons (Fsp3) is 0.353. The van der Waals surface area contributed by atoms with Crippen LogP contribution in [0.15, 0.2) is 23.3 Å². The molecule has 8 nitrogen and oxygen atoms in total. The number of aromatic amines is 1. The lowest BCUT2D eigenvalue weighted by Gasteiger charge is -2.34. The Bertz CT molecular complexity index is 831. The lowest BCUT2D eigenvalue weighted by molar-refractivity contribution is 0.188. The van der Waals surface area contributed by atoms with Crippen molar-refractivity contribution >= 4 is 54.4 Å². The molecule has 2 aromatic heterocycles. The van der Waals surface area contributed by atoms with Gasteiger partial charge in [0.15, 0.2) is 5.82 Å². The van der Waals surface area contributed by atoms with E-state index in [1.807, 2.05) is 18.2 Å². The SMILES string of the molecule is Cl.Cl.OCCN1CCN(c2nc(O)c(/C=C3\C=Nc4ncccc43)[nH]2)CC1. The number of aliphatic imine (C=N–C) groups is 1. The van der Waals surface area contributed by atoms with E-state index in [-0.39, 0.29) is 37.3 Å². The molecule has 0 aromatic carbocycles. The average molecular weight is 413 g/mol. The van der Waals surface area contributed by atoms with E-state index in [0.29, 0.717) is 24.0 Å². The van der Waals surface area contributed by atoms with E-state index < -0.39 is 0 Å². The number of allylic oxidation sites excluding steroid dienone is 1. The molecule has 0 saturated carbocycles. The number of aliphatic hydroxyl groups is 1. The van der Waals surface area contributed by atoms with Gasteiger partial charge in [0.2, 0.25) is 11.8 Å². The number of aliphatic hydroxyl groups excluding tert-OH is 1. The van der Waals surface area contributed by atoms with Crippen molar-refractivity contribution in [3.05, 3.63) is 29.6 Å². The number of piperazine rings is 1. The Morgan fingerprint density at radius 2 is 1.96 bits per heavy atom. The molecular weight excluding hydrogens is 391 g/mol. The minimum Gasteiger partial charge on any atom is -0.492 e. The Hall–Kier alpha value is -2.13. The molecule has 0 bridgehead atoms. The van der Waals surface area contributed by atoms with Crippen LogP contribution < -0.4 is 4.90 Å². The van der Waals surface area contributed by atoms with Gasteiger partial charge in [-0.25, -0.2) is 9.98 Å². The number of nitrogens with one attached hydrogen (secondary N) is 1. The fourth-order valence-electron chi connectivity index (χ4n) is 3.14. The average Bonchev–Trinajstić information content (AvgIpc) is 3.21. The maximum Gasteiger partial charge on any atom is 0.238 e. The highest BCUT2D eigenvalue weighted by Gasteiger charge is 2.21. The Balaban J connectivity index is 0.00000131. The van der Waals surface area contributed by atoms with E-state index in [9.17, 15) is 5.11 Å². The topological polar surface area (TPSA) is 101 Å². The first-order valence-electron chi connectivity index (χ1n) is 8.33. The molecule has 27 heavy (non-hydrogen) atoms. The molecule has 146 valence electrons. The van der Waals surface area contributed by atoms with Gasteiger partial charge in [-0.2, -0.15) is 4.98 Å². The Morgan fingerprint density at radius 1 is 1.19 bits per heavy atom. The zero-order valence-corrected chi connectivity index (χ0v) is 16.2. The van der Waals surface area contributed by atoms with Crippen molar-refractivity contribution in [2.45, 2.75) is 0 Å². The zero-order valence-electron chi connectivity index (χ0n) is 14.6.